The number of fused-ring (bicyclic) bond motifs is 2. The van der Waals surface area contributed by atoms with Crippen LogP contribution < -0.4 is 15.0 Å². The predicted molar refractivity (Wildman–Crippen MR) is 157 cm³/mol. The van der Waals surface area contributed by atoms with Gasteiger partial charge in [-0.1, -0.05) is 12.1 Å². The van der Waals surface area contributed by atoms with E-state index >= 15 is 0 Å². The van der Waals surface area contributed by atoms with Gasteiger partial charge in [0.25, 0.3) is 5.91 Å². The summed E-state index contributed by atoms with van der Waals surface area (Å²) in [7, 11) is 5.69. The molecular formula is C30H33N7O3. The predicted octanol–water partition coefficient (Wildman–Crippen LogP) is 4.52. The molecule has 0 radical (unpaired) electrons. The second-order valence-electron chi connectivity index (χ2n) is 10.5. The fourth-order valence-electron chi connectivity index (χ4n) is 5.29. The maximum atomic E-state index is 12.8. The zero-order chi connectivity index (χ0) is 27.8. The molecule has 1 aliphatic rings. The van der Waals surface area contributed by atoms with Crippen LogP contribution in [0.3, 0.4) is 0 Å². The number of rotatable bonds is 7. The standard InChI is InChI=1S/C30H33N7O3/c1-18-17-40-21(15-36(2)3)16-37(18)20-10-12-24-26(14-20)33-29(32-24)28-22-11-9-19(13-25(22)34-35-28)31-30(38)23-7-5-6-8-27(23)39-4/h5-14,18,21H,15-17H2,1-4H3,(H,31,38)(H,32,33)(H,34,35). The molecule has 1 aliphatic heterocycles. The van der Waals surface area contributed by atoms with Gasteiger partial charge in [0.1, 0.15) is 11.4 Å². The first-order chi connectivity index (χ1) is 19.4. The first-order valence-electron chi connectivity index (χ1n) is 13.3. The average molecular weight is 540 g/mol. The summed E-state index contributed by atoms with van der Waals surface area (Å²) in [4.78, 5) is 25.7. The molecule has 0 bridgehead atoms. The minimum atomic E-state index is -0.243. The summed E-state index contributed by atoms with van der Waals surface area (Å²) in [6, 6.07) is 19.4. The lowest BCUT2D eigenvalue weighted by Gasteiger charge is -2.40. The van der Waals surface area contributed by atoms with E-state index in [9.17, 15) is 4.79 Å². The second-order valence-corrected chi connectivity index (χ2v) is 10.5. The first kappa shape index (κ1) is 25.8. The van der Waals surface area contributed by atoms with Gasteiger partial charge in [-0.05, 0) is 69.6 Å². The van der Waals surface area contributed by atoms with Crippen molar-refractivity contribution in [2.75, 3.05) is 51.1 Å². The summed E-state index contributed by atoms with van der Waals surface area (Å²) in [5.74, 6) is 0.964. The SMILES string of the molecule is COc1ccccc1C(=O)Nc1ccc2c(-c3nc4ccc(N5CC(CN(C)C)OCC5C)cc4[nH]3)n[nH]c2c1. The number of nitrogens with zero attached hydrogens (tertiary/aromatic N) is 4. The quantitative estimate of drug-likeness (QED) is 0.279. The molecule has 0 spiro atoms. The van der Waals surface area contributed by atoms with Crippen LogP contribution in [0.2, 0.25) is 0 Å². The fourth-order valence-corrected chi connectivity index (χ4v) is 5.29. The molecule has 206 valence electrons. The average Bonchev–Trinajstić information content (AvgIpc) is 3.57. The van der Waals surface area contributed by atoms with Gasteiger partial charge in [0, 0.05) is 35.9 Å². The third-order valence-electron chi connectivity index (χ3n) is 7.27. The number of imidazole rings is 1. The van der Waals surface area contributed by atoms with E-state index in [1.165, 1.54) is 0 Å². The van der Waals surface area contributed by atoms with E-state index in [2.05, 4.69) is 63.4 Å². The Morgan fingerprint density at radius 2 is 2.00 bits per heavy atom. The highest BCUT2D eigenvalue weighted by Crippen LogP contribution is 2.31. The third kappa shape index (κ3) is 4.99. The number of ether oxygens (including phenoxy) is 2. The molecule has 3 heterocycles. The maximum absolute atomic E-state index is 12.8. The van der Waals surface area contributed by atoms with Gasteiger partial charge in [-0.15, -0.1) is 0 Å². The van der Waals surface area contributed by atoms with Crippen molar-refractivity contribution >= 4 is 39.2 Å². The van der Waals surface area contributed by atoms with Crippen LogP contribution in [0.4, 0.5) is 11.4 Å². The third-order valence-corrected chi connectivity index (χ3v) is 7.27. The number of hydrogen-bond acceptors (Lipinski definition) is 7. The van der Waals surface area contributed by atoms with Gasteiger partial charge < -0.3 is 29.6 Å². The molecule has 2 aromatic heterocycles. The van der Waals surface area contributed by atoms with Crippen LogP contribution >= 0.6 is 0 Å². The van der Waals surface area contributed by atoms with Crippen molar-refractivity contribution in [3.05, 3.63) is 66.2 Å². The van der Waals surface area contributed by atoms with Gasteiger partial charge in [0.2, 0.25) is 0 Å². The zero-order valence-corrected chi connectivity index (χ0v) is 23.1. The number of nitrogens with one attached hydrogen (secondary N) is 3. The number of benzene rings is 3. The summed E-state index contributed by atoms with van der Waals surface area (Å²) >= 11 is 0. The molecule has 3 N–H and O–H groups in total. The Balaban J connectivity index is 1.24. The molecule has 5 aromatic rings. The van der Waals surface area contributed by atoms with E-state index in [0.717, 1.165) is 46.4 Å². The number of carbonyl (C=O) groups is 1. The van der Waals surface area contributed by atoms with E-state index in [4.69, 9.17) is 14.5 Å². The van der Waals surface area contributed by atoms with E-state index in [1.807, 2.05) is 36.4 Å². The highest BCUT2D eigenvalue weighted by molar-refractivity contribution is 6.07. The van der Waals surface area contributed by atoms with Gasteiger partial charge in [-0.3, -0.25) is 9.89 Å². The molecule has 1 saturated heterocycles. The summed E-state index contributed by atoms with van der Waals surface area (Å²) in [5, 5.41) is 11.5. The molecule has 2 atom stereocenters. The molecule has 3 aromatic carbocycles. The van der Waals surface area contributed by atoms with Crippen molar-refractivity contribution in [2.45, 2.75) is 19.1 Å². The Bertz CT molecular complexity index is 1670. The number of aromatic nitrogens is 4. The van der Waals surface area contributed by atoms with E-state index in [-0.39, 0.29) is 18.1 Å². The van der Waals surface area contributed by atoms with Crippen molar-refractivity contribution in [2.24, 2.45) is 0 Å². The van der Waals surface area contributed by atoms with Crippen LogP contribution in [0.25, 0.3) is 33.5 Å². The lowest BCUT2D eigenvalue weighted by Crippen LogP contribution is -2.51. The van der Waals surface area contributed by atoms with Crippen LogP contribution in [0, 0.1) is 0 Å². The van der Waals surface area contributed by atoms with Crippen LogP contribution in [-0.4, -0.2) is 84.0 Å². The minimum Gasteiger partial charge on any atom is -0.496 e. The van der Waals surface area contributed by atoms with Gasteiger partial charge >= 0.3 is 0 Å². The summed E-state index contributed by atoms with van der Waals surface area (Å²) in [5.41, 5.74) is 5.61. The molecule has 1 fully saturated rings. The Hall–Kier alpha value is -4.41. The zero-order valence-electron chi connectivity index (χ0n) is 23.1. The van der Waals surface area contributed by atoms with Crippen molar-refractivity contribution in [3.63, 3.8) is 0 Å². The number of H-pyrrole nitrogens is 2. The highest BCUT2D eigenvalue weighted by atomic mass is 16.5. The van der Waals surface area contributed by atoms with Crippen LogP contribution in [0.5, 0.6) is 5.75 Å². The van der Waals surface area contributed by atoms with Crippen molar-refractivity contribution < 1.29 is 14.3 Å². The smallest absolute Gasteiger partial charge is 0.259 e. The largest absolute Gasteiger partial charge is 0.496 e. The van der Waals surface area contributed by atoms with E-state index in [1.54, 1.807) is 19.2 Å². The summed E-state index contributed by atoms with van der Waals surface area (Å²) in [6.45, 7) is 4.62. The fraction of sp³-hybridized carbons (Fsp3) is 0.300. The number of morpholine rings is 1. The molecule has 0 aliphatic carbocycles. The Labute approximate surface area is 232 Å². The number of para-hydroxylation sites is 1. The number of aromatic amines is 2. The van der Waals surface area contributed by atoms with Crippen LogP contribution in [0.15, 0.2) is 60.7 Å². The number of methoxy groups -OCH3 is 1. The monoisotopic (exact) mass is 539 g/mol. The number of likely N-dealkylation sites (N-methyl/N-ethyl adjacent to an activating group) is 1. The number of amides is 1. The van der Waals surface area contributed by atoms with Crippen molar-refractivity contribution in [1.29, 1.82) is 0 Å². The number of hydrogen-bond donors (Lipinski definition) is 3. The van der Waals surface area contributed by atoms with Crippen LogP contribution in [-0.2, 0) is 4.74 Å². The van der Waals surface area contributed by atoms with E-state index in [0.29, 0.717) is 29.4 Å². The highest BCUT2D eigenvalue weighted by Gasteiger charge is 2.27. The molecule has 0 saturated carbocycles. The lowest BCUT2D eigenvalue weighted by atomic mass is 10.1. The molecule has 6 rings (SSSR count). The molecule has 40 heavy (non-hydrogen) atoms. The summed E-state index contributed by atoms with van der Waals surface area (Å²) in [6.07, 6.45) is 0.166. The lowest BCUT2D eigenvalue weighted by molar-refractivity contribution is 0.00880. The second kappa shape index (κ2) is 10.6. The number of carbonyl (C=O) groups excluding carboxylic acids is 1. The number of anilines is 2. The van der Waals surface area contributed by atoms with Gasteiger partial charge in [-0.25, -0.2) is 4.98 Å². The topological polar surface area (TPSA) is 111 Å². The molecule has 2 unspecified atom stereocenters. The van der Waals surface area contributed by atoms with E-state index < -0.39 is 0 Å². The molecule has 10 nitrogen and oxygen atoms in total. The van der Waals surface area contributed by atoms with Gasteiger partial charge in [0.05, 0.1) is 41.9 Å². The molecule has 10 heteroatoms. The first-order valence-corrected chi connectivity index (χ1v) is 13.3. The van der Waals surface area contributed by atoms with Gasteiger partial charge in [0.15, 0.2) is 5.82 Å². The Morgan fingerprint density at radius 3 is 2.83 bits per heavy atom. The van der Waals surface area contributed by atoms with Gasteiger partial charge in [-0.2, -0.15) is 5.10 Å². The molecule has 1 amide bonds. The Kier molecular flexibility index (Phi) is 6.87. The maximum Gasteiger partial charge on any atom is 0.259 e. The minimum absolute atomic E-state index is 0.166. The Morgan fingerprint density at radius 1 is 1.15 bits per heavy atom. The van der Waals surface area contributed by atoms with Crippen LogP contribution in [0.1, 0.15) is 17.3 Å². The summed E-state index contributed by atoms with van der Waals surface area (Å²) < 4.78 is 11.4. The van der Waals surface area contributed by atoms with Crippen molar-refractivity contribution in [1.82, 2.24) is 25.1 Å². The van der Waals surface area contributed by atoms with Crippen molar-refractivity contribution in [3.8, 4) is 17.3 Å². The normalized spacial score (nSPS) is 17.6. The molecular weight excluding hydrogens is 506 g/mol.